The number of hydrogen-bond donors (Lipinski definition) is 2. The molecule has 2 rings (SSSR count). The molecule has 0 saturated heterocycles. The molecule has 1 aliphatic carbocycles. The van der Waals surface area contributed by atoms with Crippen molar-refractivity contribution >= 4 is 17.5 Å². The van der Waals surface area contributed by atoms with Gasteiger partial charge in [0.05, 0.1) is 5.54 Å². The predicted molar refractivity (Wildman–Crippen MR) is 80.3 cm³/mol. The summed E-state index contributed by atoms with van der Waals surface area (Å²) in [5, 5.41) is 3.00. The number of aromatic amines is 1. The van der Waals surface area contributed by atoms with E-state index in [4.69, 9.17) is 11.6 Å². The number of pyridine rings is 1. The summed E-state index contributed by atoms with van der Waals surface area (Å²) in [5.74, 6) is 0.590. The molecule has 5 heteroatoms. The molecule has 2 unspecified atom stereocenters. The number of nitrogens with one attached hydrogen (secondary N) is 2. The third-order valence-electron chi connectivity index (χ3n) is 4.03. The van der Waals surface area contributed by atoms with Gasteiger partial charge in [-0.05, 0) is 25.7 Å². The van der Waals surface area contributed by atoms with E-state index in [1.807, 2.05) is 0 Å². The zero-order valence-electron chi connectivity index (χ0n) is 12.0. The van der Waals surface area contributed by atoms with Gasteiger partial charge in [0.1, 0.15) is 5.56 Å². The highest BCUT2D eigenvalue weighted by Gasteiger charge is 2.36. The van der Waals surface area contributed by atoms with E-state index in [2.05, 4.69) is 17.2 Å². The lowest BCUT2D eigenvalue weighted by Gasteiger charge is -2.39. The van der Waals surface area contributed by atoms with Gasteiger partial charge in [-0.2, -0.15) is 0 Å². The van der Waals surface area contributed by atoms with Crippen molar-refractivity contribution < 1.29 is 4.79 Å². The topological polar surface area (TPSA) is 62.0 Å². The standard InChI is InChI=1S/C15H21ClN2O2/c1-10-4-3-5-15(7-10,9-16)18-14(20)12-8-17-11(2)6-13(12)19/h6,8,10H,3-5,7,9H2,1-2H3,(H,17,19)(H,18,20). The van der Waals surface area contributed by atoms with Crippen LogP contribution in [0.4, 0.5) is 0 Å². The molecule has 2 N–H and O–H groups in total. The van der Waals surface area contributed by atoms with Gasteiger partial charge in [0.15, 0.2) is 5.43 Å². The van der Waals surface area contributed by atoms with Gasteiger partial charge in [0, 0.05) is 23.8 Å². The van der Waals surface area contributed by atoms with Gasteiger partial charge in [0.25, 0.3) is 5.91 Å². The van der Waals surface area contributed by atoms with Crippen molar-refractivity contribution in [3.63, 3.8) is 0 Å². The molecule has 1 fully saturated rings. The molecule has 1 amide bonds. The quantitative estimate of drug-likeness (QED) is 0.842. The number of H-pyrrole nitrogens is 1. The zero-order chi connectivity index (χ0) is 14.8. The Morgan fingerprint density at radius 3 is 2.95 bits per heavy atom. The van der Waals surface area contributed by atoms with Gasteiger partial charge in [-0.1, -0.05) is 19.8 Å². The first-order valence-corrected chi connectivity index (χ1v) is 7.57. The molecular weight excluding hydrogens is 276 g/mol. The van der Waals surface area contributed by atoms with Gasteiger partial charge >= 0.3 is 0 Å². The highest BCUT2D eigenvalue weighted by atomic mass is 35.5. The number of carbonyl (C=O) groups is 1. The molecule has 0 spiro atoms. The second kappa shape index (κ2) is 6.00. The maximum atomic E-state index is 12.3. The minimum absolute atomic E-state index is 0.151. The van der Waals surface area contributed by atoms with Crippen LogP contribution in [0.25, 0.3) is 0 Å². The molecule has 1 saturated carbocycles. The second-order valence-corrected chi connectivity index (χ2v) is 6.23. The first kappa shape index (κ1) is 15.1. The Kier molecular flexibility index (Phi) is 4.53. The molecule has 0 bridgehead atoms. The molecule has 0 aliphatic heterocycles. The van der Waals surface area contributed by atoms with Crippen LogP contribution in [0, 0.1) is 12.8 Å². The smallest absolute Gasteiger partial charge is 0.257 e. The van der Waals surface area contributed by atoms with Crippen molar-refractivity contribution in [3.8, 4) is 0 Å². The maximum Gasteiger partial charge on any atom is 0.257 e. The van der Waals surface area contributed by atoms with Crippen LogP contribution in [0.3, 0.4) is 0 Å². The summed E-state index contributed by atoms with van der Waals surface area (Å²) in [6, 6.07) is 1.44. The Hall–Kier alpha value is -1.29. The molecular formula is C15H21ClN2O2. The van der Waals surface area contributed by atoms with E-state index in [9.17, 15) is 9.59 Å². The van der Waals surface area contributed by atoms with Crippen LogP contribution in [0.2, 0.25) is 0 Å². The van der Waals surface area contributed by atoms with E-state index >= 15 is 0 Å². The van der Waals surface area contributed by atoms with Crippen LogP contribution in [0.1, 0.15) is 48.7 Å². The van der Waals surface area contributed by atoms with Crippen LogP contribution < -0.4 is 10.7 Å². The van der Waals surface area contributed by atoms with Crippen molar-refractivity contribution in [2.24, 2.45) is 5.92 Å². The number of aryl methyl sites for hydroxylation is 1. The first-order valence-electron chi connectivity index (χ1n) is 7.03. The number of halogens is 1. The monoisotopic (exact) mass is 296 g/mol. The van der Waals surface area contributed by atoms with Crippen molar-refractivity contribution in [1.82, 2.24) is 10.3 Å². The fourth-order valence-electron chi connectivity index (χ4n) is 2.99. The van der Waals surface area contributed by atoms with E-state index in [0.717, 1.165) is 25.0 Å². The lowest BCUT2D eigenvalue weighted by Crippen LogP contribution is -2.53. The van der Waals surface area contributed by atoms with Crippen LogP contribution in [-0.2, 0) is 0 Å². The van der Waals surface area contributed by atoms with Gasteiger partial charge in [0.2, 0.25) is 0 Å². The van der Waals surface area contributed by atoms with Crippen LogP contribution >= 0.6 is 11.6 Å². The normalized spacial score (nSPS) is 26.2. The van der Waals surface area contributed by atoms with Crippen LogP contribution in [0.5, 0.6) is 0 Å². The summed E-state index contributed by atoms with van der Waals surface area (Å²) in [5.41, 5.74) is 0.253. The van der Waals surface area contributed by atoms with Crippen LogP contribution in [-0.4, -0.2) is 22.3 Å². The van der Waals surface area contributed by atoms with Crippen molar-refractivity contribution in [3.05, 3.63) is 33.7 Å². The zero-order valence-corrected chi connectivity index (χ0v) is 12.7. The lowest BCUT2D eigenvalue weighted by molar-refractivity contribution is 0.0866. The summed E-state index contributed by atoms with van der Waals surface area (Å²) < 4.78 is 0. The van der Waals surface area contributed by atoms with Gasteiger partial charge in [-0.25, -0.2) is 0 Å². The number of carbonyl (C=O) groups excluding carboxylic acids is 1. The third-order valence-corrected chi connectivity index (χ3v) is 4.54. The fraction of sp³-hybridized carbons (Fsp3) is 0.600. The van der Waals surface area contributed by atoms with E-state index in [1.165, 1.54) is 18.7 Å². The number of hydrogen-bond acceptors (Lipinski definition) is 2. The van der Waals surface area contributed by atoms with E-state index in [0.29, 0.717) is 11.8 Å². The lowest BCUT2D eigenvalue weighted by atomic mass is 9.77. The Balaban J connectivity index is 2.19. The molecule has 110 valence electrons. The minimum Gasteiger partial charge on any atom is -0.364 e. The van der Waals surface area contributed by atoms with Crippen molar-refractivity contribution in [2.75, 3.05) is 5.88 Å². The minimum atomic E-state index is -0.381. The fourth-order valence-corrected chi connectivity index (χ4v) is 3.30. The third kappa shape index (κ3) is 3.23. The average Bonchev–Trinajstić information content (AvgIpc) is 2.38. The maximum absolute atomic E-state index is 12.3. The van der Waals surface area contributed by atoms with Crippen molar-refractivity contribution in [1.29, 1.82) is 0 Å². The number of aromatic nitrogens is 1. The van der Waals surface area contributed by atoms with E-state index < -0.39 is 0 Å². The molecule has 4 nitrogen and oxygen atoms in total. The SMILES string of the molecule is Cc1cc(=O)c(C(=O)NC2(CCl)CCCC(C)C2)c[nH]1. The molecule has 2 atom stereocenters. The molecule has 1 aromatic heterocycles. The summed E-state index contributed by atoms with van der Waals surface area (Å²) in [6.07, 6.45) is 5.43. The van der Waals surface area contributed by atoms with Gasteiger partial charge < -0.3 is 10.3 Å². The predicted octanol–water partition coefficient (Wildman–Crippen LogP) is 2.60. The largest absolute Gasteiger partial charge is 0.364 e. The van der Waals surface area contributed by atoms with Gasteiger partial charge in [-0.3, -0.25) is 9.59 Å². The molecule has 1 aromatic rings. The molecule has 1 aliphatic rings. The van der Waals surface area contributed by atoms with Crippen LogP contribution in [0.15, 0.2) is 17.1 Å². The number of rotatable bonds is 3. The summed E-state index contributed by atoms with van der Waals surface area (Å²) >= 11 is 6.10. The van der Waals surface area contributed by atoms with Gasteiger partial charge in [-0.15, -0.1) is 11.6 Å². The summed E-state index contributed by atoms with van der Waals surface area (Å²) in [4.78, 5) is 27.1. The van der Waals surface area contributed by atoms with E-state index in [-0.39, 0.29) is 22.4 Å². The summed E-state index contributed by atoms with van der Waals surface area (Å²) in [6.45, 7) is 3.96. The Labute approximate surface area is 123 Å². The highest BCUT2D eigenvalue weighted by molar-refractivity contribution is 6.19. The van der Waals surface area contributed by atoms with Crippen molar-refractivity contribution in [2.45, 2.75) is 45.1 Å². The summed E-state index contributed by atoms with van der Waals surface area (Å²) in [7, 11) is 0. The average molecular weight is 297 g/mol. The highest BCUT2D eigenvalue weighted by Crippen LogP contribution is 2.33. The molecule has 1 heterocycles. The Bertz CT molecular complexity index is 555. The number of alkyl halides is 1. The Morgan fingerprint density at radius 1 is 1.60 bits per heavy atom. The molecule has 0 aromatic carbocycles. The first-order chi connectivity index (χ1) is 9.46. The Morgan fingerprint density at radius 2 is 2.35 bits per heavy atom. The second-order valence-electron chi connectivity index (χ2n) is 5.96. The number of amides is 1. The molecule has 20 heavy (non-hydrogen) atoms. The van der Waals surface area contributed by atoms with E-state index in [1.54, 1.807) is 6.92 Å². The molecule has 0 radical (unpaired) electrons.